The van der Waals surface area contributed by atoms with Crippen molar-refractivity contribution in [3.8, 4) is 0 Å². The Bertz CT molecular complexity index is 751. The van der Waals surface area contributed by atoms with Gasteiger partial charge < -0.3 is 9.64 Å². The normalized spacial score (nSPS) is 21.0. The van der Waals surface area contributed by atoms with Gasteiger partial charge in [0, 0.05) is 17.1 Å². The number of nitrogens with zero attached hydrogens (tertiary/aromatic N) is 1. The van der Waals surface area contributed by atoms with Crippen molar-refractivity contribution in [3.63, 3.8) is 0 Å². The van der Waals surface area contributed by atoms with Crippen molar-refractivity contribution in [2.24, 2.45) is 0 Å². The van der Waals surface area contributed by atoms with Crippen LogP contribution in [0.15, 0.2) is 28.7 Å². The molecule has 1 N–H and O–H groups in total. The second-order valence-electron chi connectivity index (χ2n) is 7.31. The second-order valence-corrected chi connectivity index (χ2v) is 9.91. The standard InChI is InChI=1S/C17H24BrFN2O4S/c1-17(2,3)25-16(22)21-8-7-14(20-26(23,24)11-19)15(21)10-12-5-4-6-13(18)9-12/h4-6,9,14-15,20H,7-8,10-11H2,1-3H3/t14-,15-/m0/s1. The summed E-state index contributed by atoms with van der Waals surface area (Å²) in [4.78, 5) is 14.1. The lowest BCUT2D eigenvalue weighted by atomic mass is 10.0. The van der Waals surface area contributed by atoms with Gasteiger partial charge >= 0.3 is 6.09 Å². The van der Waals surface area contributed by atoms with Crippen molar-refractivity contribution in [2.45, 2.75) is 51.3 Å². The molecule has 6 nitrogen and oxygen atoms in total. The van der Waals surface area contributed by atoms with Crippen molar-refractivity contribution in [1.82, 2.24) is 9.62 Å². The van der Waals surface area contributed by atoms with Gasteiger partial charge in [-0.05, 0) is 51.3 Å². The minimum Gasteiger partial charge on any atom is -0.444 e. The predicted octanol–water partition coefficient (Wildman–Crippen LogP) is 3.22. The van der Waals surface area contributed by atoms with Gasteiger partial charge in [0.2, 0.25) is 16.0 Å². The first-order chi connectivity index (χ1) is 12.0. The molecule has 1 aromatic rings. The Kier molecular flexibility index (Phi) is 6.68. The van der Waals surface area contributed by atoms with E-state index in [1.54, 1.807) is 20.8 Å². The number of carbonyl (C=O) groups is 1. The van der Waals surface area contributed by atoms with E-state index in [0.29, 0.717) is 19.4 Å². The molecular formula is C17H24BrFN2O4S. The van der Waals surface area contributed by atoms with Crippen LogP contribution in [0.1, 0.15) is 32.8 Å². The van der Waals surface area contributed by atoms with E-state index in [0.717, 1.165) is 10.0 Å². The van der Waals surface area contributed by atoms with Gasteiger partial charge in [-0.2, -0.15) is 0 Å². The van der Waals surface area contributed by atoms with E-state index in [2.05, 4.69) is 20.7 Å². The molecule has 0 aliphatic carbocycles. The fraction of sp³-hybridized carbons (Fsp3) is 0.588. The van der Waals surface area contributed by atoms with Gasteiger partial charge in [-0.25, -0.2) is 22.3 Å². The fourth-order valence-corrected chi connectivity index (χ4v) is 4.20. The van der Waals surface area contributed by atoms with Gasteiger partial charge in [-0.15, -0.1) is 0 Å². The average Bonchev–Trinajstić information content (AvgIpc) is 2.88. The number of rotatable bonds is 5. The zero-order chi connectivity index (χ0) is 19.5. The summed E-state index contributed by atoms with van der Waals surface area (Å²) in [5.41, 5.74) is 0.276. The van der Waals surface area contributed by atoms with Crippen molar-refractivity contribution in [2.75, 3.05) is 12.6 Å². The number of sulfonamides is 1. The topological polar surface area (TPSA) is 75.7 Å². The van der Waals surface area contributed by atoms with E-state index < -0.39 is 39.8 Å². The van der Waals surface area contributed by atoms with Crippen LogP contribution in [0.5, 0.6) is 0 Å². The third kappa shape index (κ3) is 5.92. The molecule has 0 aromatic heterocycles. The second kappa shape index (κ2) is 8.22. The number of hydrogen-bond donors (Lipinski definition) is 1. The highest BCUT2D eigenvalue weighted by molar-refractivity contribution is 9.10. The van der Waals surface area contributed by atoms with Gasteiger partial charge in [0.05, 0.1) is 6.04 Å². The summed E-state index contributed by atoms with van der Waals surface area (Å²) in [5.74, 6) is 0. The molecule has 9 heteroatoms. The molecule has 26 heavy (non-hydrogen) atoms. The van der Waals surface area contributed by atoms with Crippen LogP contribution in [0.3, 0.4) is 0 Å². The fourth-order valence-electron chi connectivity index (χ4n) is 2.96. The number of alkyl halides is 1. The summed E-state index contributed by atoms with van der Waals surface area (Å²) in [7, 11) is -4.03. The Balaban J connectivity index is 2.25. The third-order valence-corrected chi connectivity index (χ3v) is 5.42. The summed E-state index contributed by atoms with van der Waals surface area (Å²) in [6.07, 6.45) is 0.328. The minimum atomic E-state index is -4.03. The van der Waals surface area contributed by atoms with Crippen molar-refractivity contribution in [3.05, 3.63) is 34.3 Å². The maximum Gasteiger partial charge on any atom is 0.410 e. The third-order valence-electron chi connectivity index (χ3n) is 3.98. The molecule has 1 aliphatic rings. The molecule has 1 aliphatic heterocycles. The van der Waals surface area contributed by atoms with E-state index in [1.165, 1.54) is 4.90 Å². The van der Waals surface area contributed by atoms with E-state index in [9.17, 15) is 17.6 Å². The lowest BCUT2D eigenvalue weighted by Crippen LogP contribution is -2.49. The lowest BCUT2D eigenvalue weighted by molar-refractivity contribution is 0.0218. The zero-order valence-electron chi connectivity index (χ0n) is 15.0. The van der Waals surface area contributed by atoms with Gasteiger partial charge in [-0.3, -0.25) is 0 Å². The number of likely N-dealkylation sites (tertiary alicyclic amines) is 1. The molecule has 2 atom stereocenters. The predicted molar refractivity (Wildman–Crippen MR) is 101 cm³/mol. The van der Waals surface area contributed by atoms with E-state index in [-0.39, 0.29) is 0 Å². The molecule has 1 amide bonds. The van der Waals surface area contributed by atoms with Crippen LogP contribution in [-0.4, -0.2) is 49.6 Å². The quantitative estimate of drug-likeness (QED) is 0.746. The van der Waals surface area contributed by atoms with Crippen LogP contribution in [0.25, 0.3) is 0 Å². The smallest absolute Gasteiger partial charge is 0.410 e. The van der Waals surface area contributed by atoms with E-state index in [1.807, 2.05) is 24.3 Å². The highest BCUT2D eigenvalue weighted by Gasteiger charge is 2.40. The number of benzene rings is 1. The van der Waals surface area contributed by atoms with Crippen molar-refractivity contribution in [1.29, 1.82) is 0 Å². The van der Waals surface area contributed by atoms with Gasteiger partial charge in [0.1, 0.15) is 5.60 Å². The highest BCUT2D eigenvalue weighted by Crippen LogP contribution is 2.26. The van der Waals surface area contributed by atoms with Crippen LogP contribution in [-0.2, 0) is 21.2 Å². The summed E-state index contributed by atoms with van der Waals surface area (Å²) < 4.78 is 44.8. The average molecular weight is 451 g/mol. The maximum atomic E-state index is 12.7. The molecule has 0 unspecified atom stereocenters. The number of halogens is 2. The molecule has 1 fully saturated rings. The Morgan fingerprint density at radius 1 is 1.42 bits per heavy atom. The number of carbonyl (C=O) groups excluding carboxylic acids is 1. The number of nitrogens with one attached hydrogen (secondary N) is 1. The molecule has 0 radical (unpaired) electrons. The number of hydrogen-bond acceptors (Lipinski definition) is 4. The molecular weight excluding hydrogens is 427 g/mol. The largest absolute Gasteiger partial charge is 0.444 e. The minimum absolute atomic E-state index is 0.340. The maximum absolute atomic E-state index is 12.7. The number of ether oxygens (including phenoxy) is 1. The summed E-state index contributed by atoms with van der Waals surface area (Å²) >= 11 is 3.40. The van der Waals surface area contributed by atoms with Crippen molar-refractivity contribution < 1.29 is 22.3 Å². The monoisotopic (exact) mass is 450 g/mol. The van der Waals surface area contributed by atoms with Crippen LogP contribution >= 0.6 is 15.9 Å². The molecule has 2 rings (SSSR count). The van der Waals surface area contributed by atoms with Gasteiger partial charge in [-0.1, -0.05) is 28.1 Å². The first kappa shape index (κ1) is 21.1. The van der Waals surface area contributed by atoms with Crippen LogP contribution in [0.4, 0.5) is 9.18 Å². The first-order valence-corrected chi connectivity index (χ1v) is 10.8. The zero-order valence-corrected chi connectivity index (χ0v) is 17.4. The molecule has 0 spiro atoms. The molecule has 1 heterocycles. The van der Waals surface area contributed by atoms with E-state index >= 15 is 0 Å². The Hall–Kier alpha value is -1.19. The lowest BCUT2D eigenvalue weighted by Gasteiger charge is -2.31. The molecule has 1 saturated heterocycles. The Morgan fingerprint density at radius 2 is 2.12 bits per heavy atom. The van der Waals surface area contributed by atoms with Crippen LogP contribution in [0.2, 0.25) is 0 Å². The summed E-state index contributed by atoms with van der Waals surface area (Å²) in [6.45, 7) is 5.65. The molecule has 1 aromatic carbocycles. The Morgan fingerprint density at radius 3 is 2.69 bits per heavy atom. The van der Waals surface area contributed by atoms with Crippen molar-refractivity contribution >= 4 is 32.0 Å². The number of amides is 1. The van der Waals surface area contributed by atoms with E-state index in [4.69, 9.17) is 4.74 Å². The molecule has 0 bridgehead atoms. The van der Waals surface area contributed by atoms with Gasteiger partial charge in [0.25, 0.3) is 0 Å². The summed E-state index contributed by atoms with van der Waals surface area (Å²) in [6, 6.07) is 5.05. The van der Waals surface area contributed by atoms with Crippen LogP contribution < -0.4 is 4.72 Å². The van der Waals surface area contributed by atoms with Gasteiger partial charge in [0.15, 0.2) is 0 Å². The molecule has 0 saturated carbocycles. The van der Waals surface area contributed by atoms with Crippen LogP contribution in [0, 0.1) is 0 Å². The summed E-state index contributed by atoms with van der Waals surface area (Å²) in [5, 5.41) is 0. The highest BCUT2D eigenvalue weighted by atomic mass is 79.9. The molecule has 146 valence electrons. The SMILES string of the molecule is CC(C)(C)OC(=O)N1CC[C@H](NS(=O)(=O)CF)[C@@H]1Cc1cccc(Br)c1. The first-order valence-electron chi connectivity index (χ1n) is 8.31. The Labute approximate surface area is 162 Å².